The standard InChI is InChI=1S/C19H17NO3/c1-3-23-19(21)12-18(15-7-9-17(22-2)10-8-15)16-6-4-5-14(11-16)13-20/h4-12H,3H2,1-2H3/b18-12-. The van der Waals surface area contributed by atoms with Gasteiger partial charge in [0.2, 0.25) is 0 Å². The number of nitrogens with zero attached hydrogens (tertiary/aromatic N) is 1. The van der Waals surface area contributed by atoms with Crippen LogP contribution in [0.3, 0.4) is 0 Å². The highest BCUT2D eigenvalue weighted by atomic mass is 16.5. The summed E-state index contributed by atoms with van der Waals surface area (Å²) in [5.41, 5.74) is 2.85. The van der Waals surface area contributed by atoms with Crippen LogP contribution in [-0.2, 0) is 9.53 Å². The van der Waals surface area contributed by atoms with Gasteiger partial charge in [-0.3, -0.25) is 0 Å². The summed E-state index contributed by atoms with van der Waals surface area (Å²) in [6.45, 7) is 2.07. The van der Waals surface area contributed by atoms with Crippen molar-refractivity contribution < 1.29 is 14.3 Å². The van der Waals surface area contributed by atoms with Crippen molar-refractivity contribution in [3.8, 4) is 11.8 Å². The van der Waals surface area contributed by atoms with E-state index in [4.69, 9.17) is 14.7 Å². The number of ether oxygens (including phenoxy) is 2. The average Bonchev–Trinajstić information content (AvgIpc) is 2.60. The van der Waals surface area contributed by atoms with Crippen LogP contribution in [0.15, 0.2) is 54.6 Å². The van der Waals surface area contributed by atoms with Crippen LogP contribution in [0.4, 0.5) is 0 Å². The molecular weight excluding hydrogens is 290 g/mol. The van der Waals surface area contributed by atoms with E-state index in [-0.39, 0.29) is 0 Å². The van der Waals surface area contributed by atoms with E-state index in [2.05, 4.69) is 6.07 Å². The van der Waals surface area contributed by atoms with Crippen molar-refractivity contribution in [3.63, 3.8) is 0 Å². The molecule has 0 aromatic heterocycles. The molecular formula is C19H17NO3. The topological polar surface area (TPSA) is 59.3 Å². The van der Waals surface area contributed by atoms with Crippen LogP contribution in [0.2, 0.25) is 0 Å². The number of carbonyl (C=O) groups is 1. The van der Waals surface area contributed by atoms with Crippen molar-refractivity contribution in [2.75, 3.05) is 13.7 Å². The lowest BCUT2D eigenvalue weighted by Crippen LogP contribution is -2.02. The van der Waals surface area contributed by atoms with E-state index in [1.807, 2.05) is 30.3 Å². The zero-order valence-electron chi connectivity index (χ0n) is 13.1. The van der Waals surface area contributed by atoms with Crippen LogP contribution >= 0.6 is 0 Å². The SMILES string of the molecule is CCOC(=O)/C=C(/c1ccc(OC)cc1)c1cccc(C#N)c1. The normalized spacial score (nSPS) is 10.7. The first-order chi connectivity index (χ1) is 11.2. The lowest BCUT2D eigenvalue weighted by Gasteiger charge is -2.10. The zero-order chi connectivity index (χ0) is 16.7. The molecule has 2 aromatic carbocycles. The maximum Gasteiger partial charge on any atom is 0.331 e. The van der Waals surface area contributed by atoms with Gasteiger partial charge in [0, 0.05) is 6.08 Å². The van der Waals surface area contributed by atoms with Gasteiger partial charge in [-0.05, 0) is 47.9 Å². The highest BCUT2D eigenvalue weighted by Crippen LogP contribution is 2.26. The van der Waals surface area contributed by atoms with Crippen LogP contribution in [0.5, 0.6) is 5.75 Å². The second kappa shape index (κ2) is 7.81. The van der Waals surface area contributed by atoms with Crippen molar-refractivity contribution in [1.29, 1.82) is 5.26 Å². The third kappa shape index (κ3) is 4.21. The van der Waals surface area contributed by atoms with Gasteiger partial charge >= 0.3 is 5.97 Å². The molecule has 0 aliphatic heterocycles. The second-order valence-electron chi connectivity index (χ2n) is 4.73. The fourth-order valence-corrected chi connectivity index (χ4v) is 2.16. The number of carbonyl (C=O) groups excluding carboxylic acids is 1. The molecule has 0 spiro atoms. The Labute approximate surface area is 135 Å². The van der Waals surface area contributed by atoms with Crippen LogP contribution in [-0.4, -0.2) is 19.7 Å². The Morgan fingerprint density at radius 3 is 2.52 bits per heavy atom. The summed E-state index contributed by atoms with van der Waals surface area (Å²) in [7, 11) is 1.60. The molecule has 0 aliphatic rings. The minimum atomic E-state index is -0.416. The molecule has 0 saturated heterocycles. The molecule has 0 amide bonds. The monoisotopic (exact) mass is 307 g/mol. The Balaban J connectivity index is 2.50. The quantitative estimate of drug-likeness (QED) is 0.626. The summed E-state index contributed by atoms with van der Waals surface area (Å²) >= 11 is 0. The molecule has 0 heterocycles. The van der Waals surface area contributed by atoms with E-state index in [0.717, 1.165) is 16.9 Å². The molecule has 0 aliphatic carbocycles. The summed E-state index contributed by atoms with van der Waals surface area (Å²) in [5.74, 6) is 0.315. The summed E-state index contributed by atoms with van der Waals surface area (Å²) in [6, 6.07) is 16.6. The van der Waals surface area contributed by atoms with Gasteiger partial charge in [0.25, 0.3) is 0 Å². The van der Waals surface area contributed by atoms with Gasteiger partial charge in [0.15, 0.2) is 0 Å². The first-order valence-corrected chi connectivity index (χ1v) is 7.21. The Bertz CT molecular complexity index is 755. The molecule has 23 heavy (non-hydrogen) atoms. The van der Waals surface area contributed by atoms with Crippen molar-refractivity contribution in [1.82, 2.24) is 0 Å². The molecule has 0 saturated carbocycles. The molecule has 4 heteroatoms. The maximum absolute atomic E-state index is 11.9. The van der Waals surface area contributed by atoms with Gasteiger partial charge in [0.1, 0.15) is 5.75 Å². The number of hydrogen-bond acceptors (Lipinski definition) is 4. The highest BCUT2D eigenvalue weighted by Gasteiger charge is 2.10. The fraction of sp³-hybridized carbons (Fsp3) is 0.158. The van der Waals surface area contributed by atoms with Crippen molar-refractivity contribution in [2.24, 2.45) is 0 Å². The molecule has 0 unspecified atom stereocenters. The molecule has 0 atom stereocenters. The van der Waals surface area contributed by atoms with Crippen molar-refractivity contribution in [2.45, 2.75) is 6.92 Å². The molecule has 0 radical (unpaired) electrons. The van der Waals surface area contributed by atoms with Gasteiger partial charge in [-0.15, -0.1) is 0 Å². The van der Waals surface area contributed by atoms with Crippen LogP contribution in [0.25, 0.3) is 5.57 Å². The maximum atomic E-state index is 11.9. The second-order valence-corrected chi connectivity index (χ2v) is 4.73. The van der Waals surface area contributed by atoms with Gasteiger partial charge in [-0.2, -0.15) is 5.26 Å². The Morgan fingerprint density at radius 1 is 1.17 bits per heavy atom. The summed E-state index contributed by atoms with van der Waals surface area (Å²) in [4.78, 5) is 11.9. The number of benzene rings is 2. The van der Waals surface area contributed by atoms with Crippen LogP contribution < -0.4 is 4.74 Å². The van der Waals surface area contributed by atoms with Gasteiger partial charge < -0.3 is 9.47 Å². The Morgan fingerprint density at radius 2 is 1.91 bits per heavy atom. The van der Waals surface area contributed by atoms with E-state index < -0.39 is 5.97 Å². The van der Waals surface area contributed by atoms with Gasteiger partial charge in [-0.1, -0.05) is 24.3 Å². The Hall–Kier alpha value is -3.06. The largest absolute Gasteiger partial charge is 0.497 e. The van der Waals surface area contributed by atoms with E-state index >= 15 is 0 Å². The number of nitriles is 1. The number of rotatable bonds is 5. The van der Waals surface area contributed by atoms with E-state index in [0.29, 0.717) is 17.7 Å². The first-order valence-electron chi connectivity index (χ1n) is 7.21. The third-order valence-electron chi connectivity index (χ3n) is 3.25. The van der Waals surface area contributed by atoms with E-state index in [9.17, 15) is 4.79 Å². The molecule has 0 bridgehead atoms. The lowest BCUT2D eigenvalue weighted by atomic mass is 9.96. The molecule has 2 aromatic rings. The zero-order valence-corrected chi connectivity index (χ0v) is 13.1. The number of methoxy groups -OCH3 is 1. The molecule has 0 N–H and O–H groups in total. The smallest absolute Gasteiger partial charge is 0.331 e. The average molecular weight is 307 g/mol. The number of esters is 1. The van der Waals surface area contributed by atoms with Crippen molar-refractivity contribution >= 4 is 11.5 Å². The summed E-state index contributed by atoms with van der Waals surface area (Å²) in [6.07, 6.45) is 1.45. The van der Waals surface area contributed by atoms with Crippen LogP contribution in [0, 0.1) is 11.3 Å². The minimum absolute atomic E-state index is 0.309. The highest BCUT2D eigenvalue weighted by molar-refractivity contribution is 5.96. The molecule has 0 fully saturated rings. The fourth-order valence-electron chi connectivity index (χ4n) is 2.16. The predicted molar refractivity (Wildman–Crippen MR) is 87.9 cm³/mol. The van der Waals surface area contributed by atoms with Crippen molar-refractivity contribution in [3.05, 3.63) is 71.3 Å². The third-order valence-corrected chi connectivity index (χ3v) is 3.25. The molecule has 4 nitrogen and oxygen atoms in total. The van der Waals surface area contributed by atoms with Gasteiger partial charge in [0.05, 0.1) is 25.3 Å². The number of hydrogen-bond donors (Lipinski definition) is 0. The summed E-state index contributed by atoms with van der Waals surface area (Å²) in [5, 5.41) is 9.07. The minimum Gasteiger partial charge on any atom is -0.497 e. The van der Waals surface area contributed by atoms with Crippen LogP contribution in [0.1, 0.15) is 23.6 Å². The van der Waals surface area contributed by atoms with Gasteiger partial charge in [-0.25, -0.2) is 4.79 Å². The van der Waals surface area contributed by atoms with E-state index in [1.54, 1.807) is 32.2 Å². The lowest BCUT2D eigenvalue weighted by molar-refractivity contribution is -0.137. The molecule has 116 valence electrons. The predicted octanol–water partition coefficient (Wildman–Crippen LogP) is 3.56. The summed E-state index contributed by atoms with van der Waals surface area (Å²) < 4.78 is 10.2. The Kier molecular flexibility index (Phi) is 5.54. The first kappa shape index (κ1) is 16.3. The molecule has 2 rings (SSSR count). The van der Waals surface area contributed by atoms with E-state index in [1.165, 1.54) is 6.08 Å².